The van der Waals surface area contributed by atoms with E-state index in [1.54, 1.807) is 6.07 Å². The first-order valence-electron chi connectivity index (χ1n) is 7.95. The average Bonchev–Trinajstić information content (AvgIpc) is 3.01. The van der Waals surface area contributed by atoms with Gasteiger partial charge in [0.15, 0.2) is 11.8 Å². The van der Waals surface area contributed by atoms with Crippen LogP contribution in [0.15, 0.2) is 40.3 Å². The van der Waals surface area contributed by atoms with Crippen LogP contribution >= 0.6 is 0 Å². The number of aromatic nitrogens is 5. The van der Waals surface area contributed by atoms with Crippen molar-refractivity contribution in [2.75, 3.05) is 5.32 Å². The number of hydrogen-bond donors (Lipinski definition) is 5. The van der Waals surface area contributed by atoms with Gasteiger partial charge in [-0.1, -0.05) is 12.1 Å². The van der Waals surface area contributed by atoms with Gasteiger partial charge in [-0.2, -0.15) is 9.98 Å². The lowest BCUT2D eigenvalue weighted by Crippen LogP contribution is -2.26. The monoisotopic (exact) mass is 365 g/mol. The van der Waals surface area contributed by atoms with Gasteiger partial charge in [0.1, 0.15) is 0 Å². The number of anilines is 2. The van der Waals surface area contributed by atoms with Gasteiger partial charge in [0.2, 0.25) is 17.9 Å². The first-order valence-corrected chi connectivity index (χ1v) is 7.95. The summed E-state index contributed by atoms with van der Waals surface area (Å²) < 4.78 is 0. The van der Waals surface area contributed by atoms with Crippen LogP contribution < -0.4 is 22.5 Å². The maximum absolute atomic E-state index is 5.72. The minimum Gasteiger partial charge on any atom is -0.370 e. The number of hydrogen-bond acceptors (Lipinski definition) is 6. The molecule has 138 valence electrons. The summed E-state index contributed by atoms with van der Waals surface area (Å²) in [6, 6.07) is 9.11. The molecule has 2 aromatic heterocycles. The minimum absolute atomic E-state index is 0.0658. The topological polar surface area (TPSA) is 182 Å². The van der Waals surface area contributed by atoms with Crippen molar-refractivity contribution in [1.29, 1.82) is 0 Å². The molecule has 0 amide bonds. The lowest BCUT2D eigenvalue weighted by atomic mass is 10.2. The molecule has 0 aliphatic rings. The van der Waals surface area contributed by atoms with E-state index in [2.05, 4.69) is 40.5 Å². The van der Waals surface area contributed by atoms with Gasteiger partial charge in [-0.25, -0.2) is 15.0 Å². The summed E-state index contributed by atoms with van der Waals surface area (Å²) in [7, 11) is 0. The van der Waals surface area contributed by atoms with Crippen molar-refractivity contribution in [2.24, 2.45) is 27.2 Å². The van der Waals surface area contributed by atoms with Gasteiger partial charge in [0, 0.05) is 17.0 Å². The average molecular weight is 365 g/mol. The number of para-hydroxylation sites is 1. The second-order valence-electron chi connectivity index (χ2n) is 5.63. The van der Waals surface area contributed by atoms with Crippen LogP contribution in [-0.2, 0) is 0 Å². The second-order valence-corrected chi connectivity index (χ2v) is 5.63. The normalized spacial score (nSPS) is 11.3. The van der Waals surface area contributed by atoms with E-state index in [0.717, 1.165) is 11.4 Å². The molecule has 11 nitrogen and oxygen atoms in total. The Labute approximate surface area is 154 Å². The van der Waals surface area contributed by atoms with E-state index in [1.807, 2.05) is 38.1 Å². The van der Waals surface area contributed by atoms with Crippen molar-refractivity contribution in [2.45, 2.75) is 13.8 Å². The smallest absolute Gasteiger partial charge is 0.249 e. The predicted molar refractivity (Wildman–Crippen MR) is 104 cm³/mol. The van der Waals surface area contributed by atoms with Gasteiger partial charge in [0.05, 0.1) is 5.69 Å². The fraction of sp³-hybridized carbons (Fsp3) is 0.125. The third-order valence-electron chi connectivity index (χ3n) is 3.33. The highest BCUT2D eigenvalue weighted by atomic mass is 15.3. The Kier molecular flexibility index (Phi) is 4.92. The zero-order valence-corrected chi connectivity index (χ0v) is 14.8. The van der Waals surface area contributed by atoms with Crippen LogP contribution in [0.2, 0.25) is 0 Å². The standard InChI is InChI=1S/C16H19N11/c1-8-7-9(2)21-15(20-8)25-16-23-12(26-27-16)10-5-3-4-6-11(10)22-14(19)24-13(17)18/h3-7H,1-2H3,(H6,17,18,19,22,24)(H2,20,21,23,25,26,27). The van der Waals surface area contributed by atoms with Crippen LogP contribution in [0.3, 0.4) is 0 Å². The Hall–Kier alpha value is -4.02. The van der Waals surface area contributed by atoms with E-state index in [-0.39, 0.29) is 11.9 Å². The van der Waals surface area contributed by atoms with Gasteiger partial charge in [-0.05, 0) is 32.0 Å². The molecule has 0 saturated heterocycles. The van der Waals surface area contributed by atoms with Crippen LogP contribution in [0.1, 0.15) is 11.4 Å². The summed E-state index contributed by atoms with van der Waals surface area (Å²) in [5, 5.41) is 9.96. The number of aliphatic imine (C=N–C) groups is 2. The second kappa shape index (κ2) is 7.47. The number of rotatable bonds is 4. The molecule has 0 atom stereocenters. The molecule has 0 fully saturated rings. The third kappa shape index (κ3) is 4.54. The van der Waals surface area contributed by atoms with Crippen molar-refractivity contribution in [3.63, 3.8) is 0 Å². The third-order valence-corrected chi connectivity index (χ3v) is 3.33. The van der Waals surface area contributed by atoms with E-state index in [9.17, 15) is 0 Å². The van der Waals surface area contributed by atoms with Gasteiger partial charge >= 0.3 is 0 Å². The van der Waals surface area contributed by atoms with Gasteiger partial charge in [0.25, 0.3) is 0 Å². The summed E-state index contributed by atoms with van der Waals surface area (Å²) in [6.45, 7) is 3.77. The molecule has 2 heterocycles. The molecular weight excluding hydrogens is 346 g/mol. The molecule has 8 N–H and O–H groups in total. The molecule has 0 aliphatic heterocycles. The van der Waals surface area contributed by atoms with Crippen LogP contribution in [0.4, 0.5) is 17.6 Å². The number of nitrogens with one attached hydrogen (secondary N) is 2. The molecule has 1 aromatic carbocycles. The van der Waals surface area contributed by atoms with E-state index in [4.69, 9.17) is 17.2 Å². The largest absolute Gasteiger partial charge is 0.370 e. The molecular formula is C16H19N11. The van der Waals surface area contributed by atoms with Crippen LogP contribution in [0.5, 0.6) is 0 Å². The number of guanidine groups is 2. The molecule has 0 radical (unpaired) electrons. The molecule has 0 saturated carbocycles. The zero-order valence-electron chi connectivity index (χ0n) is 14.8. The molecule has 0 unspecified atom stereocenters. The van der Waals surface area contributed by atoms with E-state index in [1.165, 1.54) is 0 Å². The quantitative estimate of drug-likeness (QED) is 0.333. The highest BCUT2D eigenvalue weighted by Gasteiger charge is 2.11. The fourth-order valence-corrected chi connectivity index (χ4v) is 2.37. The van der Waals surface area contributed by atoms with Crippen LogP contribution in [0, 0.1) is 13.8 Å². The first-order chi connectivity index (χ1) is 12.9. The van der Waals surface area contributed by atoms with Crippen LogP contribution in [0.25, 0.3) is 11.4 Å². The highest BCUT2D eigenvalue weighted by Crippen LogP contribution is 2.28. The van der Waals surface area contributed by atoms with Gasteiger partial charge in [-0.15, -0.1) is 5.10 Å². The Morgan fingerprint density at radius 3 is 2.41 bits per heavy atom. The number of benzene rings is 1. The van der Waals surface area contributed by atoms with Crippen molar-refractivity contribution in [1.82, 2.24) is 25.1 Å². The number of aromatic amines is 1. The van der Waals surface area contributed by atoms with Gasteiger partial charge < -0.3 is 17.2 Å². The Balaban J connectivity index is 1.90. The number of nitrogens with zero attached hydrogens (tertiary/aromatic N) is 6. The molecule has 0 spiro atoms. The number of nitrogens with two attached hydrogens (primary N) is 3. The summed E-state index contributed by atoms with van der Waals surface area (Å²) in [4.78, 5) is 20.9. The molecule has 3 aromatic rings. The van der Waals surface area contributed by atoms with Crippen molar-refractivity contribution >= 4 is 29.5 Å². The molecule has 0 bridgehead atoms. The van der Waals surface area contributed by atoms with Crippen molar-refractivity contribution in [3.8, 4) is 11.4 Å². The molecule has 11 heteroatoms. The van der Waals surface area contributed by atoms with E-state index < -0.39 is 0 Å². The summed E-state index contributed by atoms with van der Waals surface area (Å²) in [6.07, 6.45) is 0. The summed E-state index contributed by atoms with van der Waals surface area (Å²) in [5.74, 6) is 0.989. The minimum atomic E-state index is -0.173. The molecule has 27 heavy (non-hydrogen) atoms. The predicted octanol–water partition coefficient (Wildman–Crippen LogP) is 0.842. The fourth-order valence-electron chi connectivity index (χ4n) is 2.37. The molecule has 3 rings (SSSR count). The zero-order chi connectivity index (χ0) is 19.4. The maximum Gasteiger partial charge on any atom is 0.249 e. The Bertz CT molecular complexity index is 994. The highest BCUT2D eigenvalue weighted by molar-refractivity contribution is 5.94. The van der Waals surface area contributed by atoms with Gasteiger partial charge in [-0.3, -0.25) is 10.4 Å². The van der Waals surface area contributed by atoms with Crippen LogP contribution in [-0.4, -0.2) is 37.1 Å². The SMILES string of the molecule is Cc1cc(C)nc(Nc2n[nH]c(-c3ccccc3N=C(N)N=C(N)N)n2)n1. The number of aryl methyl sites for hydroxylation is 2. The molecule has 0 aliphatic carbocycles. The van der Waals surface area contributed by atoms with Crippen molar-refractivity contribution < 1.29 is 0 Å². The lowest BCUT2D eigenvalue weighted by molar-refractivity contribution is 1.04. The van der Waals surface area contributed by atoms with E-state index in [0.29, 0.717) is 29.0 Å². The summed E-state index contributed by atoms with van der Waals surface area (Å²) >= 11 is 0. The lowest BCUT2D eigenvalue weighted by Gasteiger charge is -2.03. The summed E-state index contributed by atoms with van der Waals surface area (Å²) in [5.41, 5.74) is 19.2. The Morgan fingerprint density at radius 2 is 1.70 bits per heavy atom. The van der Waals surface area contributed by atoms with E-state index >= 15 is 0 Å². The maximum atomic E-state index is 5.72. The van der Waals surface area contributed by atoms with Crippen molar-refractivity contribution in [3.05, 3.63) is 41.7 Å². The first kappa shape index (κ1) is 17.8. The Morgan fingerprint density at radius 1 is 1.00 bits per heavy atom. The number of H-pyrrole nitrogens is 1.